The number of H-pyrrole nitrogens is 1. The van der Waals surface area contributed by atoms with Crippen molar-refractivity contribution in [2.24, 2.45) is 0 Å². The lowest BCUT2D eigenvalue weighted by atomic mass is 10.1. The van der Waals surface area contributed by atoms with Crippen LogP contribution < -0.4 is 5.43 Å². The lowest BCUT2D eigenvalue weighted by Crippen LogP contribution is -2.08. The number of benzene rings is 1. The smallest absolute Gasteiger partial charge is 0.192 e. The van der Waals surface area contributed by atoms with Crippen molar-refractivity contribution < 1.29 is 0 Å². The molecule has 3 aromatic rings. The average molecular weight is 241 g/mol. The molecule has 0 spiro atoms. The zero-order valence-corrected chi connectivity index (χ0v) is 10.2. The first-order valence-electron chi connectivity index (χ1n) is 5.41. The Morgan fingerprint density at radius 2 is 2.00 bits per heavy atom. The van der Waals surface area contributed by atoms with Gasteiger partial charge in [-0.05, 0) is 30.5 Å². The summed E-state index contributed by atoms with van der Waals surface area (Å²) in [5.41, 5.74) is 3.79. The molecule has 0 saturated carbocycles. The summed E-state index contributed by atoms with van der Waals surface area (Å²) in [4.78, 5) is 15.6. The van der Waals surface area contributed by atoms with E-state index in [1.165, 1.54) is 0 Å². The standard InChI is InChI=1S/C14H11NOS/c1-9-13(10-6-7-17-8-10)15-12-5-3-2-4-11(12)14(9)16/h2-8H,1H3,(H,15,16). The first-order valence-corrected chi connectivity index (χ1v) is 6.36. The fourth-order valence-electron chi connectivity index (χ4n) is 2.03. The molecule has 0 bridgehead atoms. The summed E-state index contributed by atoms with van der Waals surface area (Å²) in [6, 6.07) is 9.65. The molecule has 0 atom stereocenters. The van der Waals surface area contributed by atoms with E-state index in [2.05, 4.69) is 4.98 Å². The third-order valence-electron chi connectivity index (χ3n) is 2.96. The molecule has 84 valence electrons. The first kappa shape index (κ1) is 10.3. The van der Waals surface area contributed by atoms with E-state index < -0.39 is 0 Å². The number of aromatic nitrogens is 1. The van der Waals surface area contributed by atoms with Crippen molar-refractivity contribution in [2.75, 3.05) is 0 Å². The van der Waals surface area contributed by atoms with Gasteiger partial charge in [0.2, 0.25) is 0 Å². The highest BCUT2D eigenvalue weighted by Crippen LogP contribution is 2.23. The van der Waals surface area contributed by atoms with Crippen LogP contribution in [-0.2, 0) is 0 Å². The van der Waals surface area contributed by atoms with E-state index in [1.807, 2.05) is 48.0 Å². The van der Waals surface area contributed by atoms with Gasteiger partial charge in [0, 0.05) is 27.4 Å². The topological polar surface area (TPSA) is 32.9 Å². The Kier molecular flexibility index (Phi) is 2.34. The van der Waals surface area contributed by atoms with Gasteiger partial charge >= 0.3 is 0 Å². The van der Waals surface area contributed by atoms with Gasteiger partial charge in [-0.25, -0.2) is 0 Å². The summed E-state index contributed by atoms with van der Waals surface area (Å²) in [5, 5.41) is 4.82. The molecular formula is C14H11NOS. The minimum Gasteiger partial charge on any atom is -0.354 e. The molecule has 3 heteroatoms. The number of para-hydroxylation sites is 1. The van der Waals surface area contributed by atoms with Crippen molar-refractivity contribution in [3.05, 3.63) is 56.9 Å². The van der Waals surface area contributed by atoms with E-state index in [0.717, 1.165) is 27.7 Å². The van der Waals surface area contributed by atoms with Crippen LogP contribution in [0.2, 0.25) is 0 Å². The molecule has 0 radical (unpaired) electrons. The molecule has 2 nitrogen and oxygen atoms in total. The second-order valence-corrected chi connectivity index (χ2v) is 4.79. The minimum absolute atomic E-state index is 0.112. The monoisotopic (exact) mass is 241 g/mol. The van der Waals surface area contributed by atoms with Crippen LogP contribution in [0, 0.1) is 6.92 Å². The largest absolute Gasteiger partial charge is 0.354 e. The summed E-state index contributed by atoms with van der Waals surface area (Å²) in [6.45, 7) is 1.87. The predicted molar refractivity (Wildman–Crippen MR) is 72.6 cm³/mol. The number of thiophene rings is 1. The Bertz CT molecular complexity index is 726. The van der Waals surface area contributed by atoms with Crippen molar-refractivity contribution in [2.45, 2.75) is 6.92 Å². The lowest BCUT2D eigenvalue weighted by Gasteiger charge is -2.06. The van der Waals surface area contributed by atoms with Crippen LogP contribution >= 0.6 is 11.3 Å². The molecule has 2 heterocycles. The maximum Gasteiger partial charge on any atom is 0.192 e. The molecule has 0 aliphatic rings. The van der Waals surface area contributed by atoms with Gasteiger partial charge in [0.05, 0.1) is 5.69 Å². The van der Waals surface area contributed by atoms with E-state index in [9.17, 15) is 4.79 Å². The molecule has 17 heavy (non-hydrogen) atoms. The minimum atomic E-state index is 0.112. The van der Waals surface area contributed by atoms with Crippen LogP contribution in [-0.4, -0.2) is 4.98 Å². The molecule has 3 rings (SSSR count). The highest BCUT2D eigenvalue weighted by atomic mass is 32.1. The maximum absolute atomic E-state index is 12.2. The third kappa shape index (κ3) is 1.59. The van der Waals surface area contributed by atoms with Gasteiger partial charge in [0.15, 0.2) is 5.43 Å². The van der Waals surface area contributed by atoms with E-state index in [-0.39, 0.29) is 5.43 Å². The fraction of sp³-hybridized carbons (Fsp3) is 0.0714. The van der Waals surface area contributed by atoms with Crippen LogP contribution in [0.3, 0.4) is 0 Å². The van der Waals surface area contributed by atoms with Crippen molar-refractivity contribution >= 4 is 22.2 Å². The van der Waals surface area contributed by atoms with Gasteiger partial charge < -0.3 is 4.98 Å². The molecule has 2 aromatic heterocycles. The Balaban J connectivity index is 2.42. The molecule has 0 saturated heterocycles. The number of nitrogens with one attached hydrogen (secondary N) is 1. The molecule has 0 aliphatic heterocycles. The number of hydrogen-bond acceptors (Lipinski definition) is 2. The number of pyridine rings is 1. The van der Waals surface area contributed by atoms with Crippen LogP contribution in [0.1, 0.15) is 5.56 Å². The molecular weight excluding hydrogens is 230 g/mol. The van der Waals surface area contributed by atoms with Crippen LogP contribution in [0.25, 0.3) is 22.2 Å². The van der Waals surface area contributed by atoms with Gasteiger partial charge in [-0.1, -0.05) is 12.1 Å². The second-order valence-electron chi connectivity index (χ2n) is 4.01. The summed E-state index contributed by atoms with van der Waals surface area (Å²) in [5.74, 6) is 0. The van der Waals surface area contributed by atoms with E-state index in [1.54, 1.807) is 11.3 Å². The normalized spacial score (nSPS) is 10.9. The van der Waals surface area contributed by atoms with Crippen molar-refractivity contribution in [1.82, 2.24) is 4.98 Å². The predicted octanol–water partition coefficient (Wildman–Crippen LogP) is 3.57. The van der Waals surface area contributed by atoms with E-state index in [0.29, 0.717) is 0 Å². The van der Waals surface area contributed by atoms with Gasteiger partial charge in [0.1, 0.15) is 0 Å². The van der Waals surface area contributed by atoms with Gasteiger partial charge in [0.25, 0.3) is 0 Å². The first-order chi connectivity index (χ1) is 8.27. The Labute approximate surface area is 103 Å². The molecule has 1 aromatic carbocycles. The van der Waals surface area contributed by atoms with E-state index in [4.69, 9.17) is 0 Å². The second kappa shape index (κ2) is 3.86. The summed E-state index contributed by atoms with van der Waals surface area (Å²) >= 11 is 1.63. The zero-order valence-electron chi connectivity index (χ0n) is 9.36. The number of aromatic amines is 1. The van der Waals surface area contributed by atoms with Crippen LogP contribution in [0.15, 0.2) is 45.9 Å². The molecule has 0 unspecified atom stereocenters. The highest BCUT2D eigenvalue weighted by molar-refractivity contribution is 7.08. The summed E-state index contributed by atoms with van der Waals surface area (Å²) in [7, 11) is 0. The average Bonchev–Trinajstić information content (AvgIpc) is 2.87. The fourth-order valence-corrected chi connectivity index (χ4v) is 2.68. The molecule has 1 N–H and O–H groups in total. The van der Waals surface area contributed by atoms with Crippen molar-refractivity contribution in [3.63, 3.8) is 0 Å². The number of rotatable bonds is 1. The molecule has 0 amide bonds. The SMILES string of the molecule is Cc1c(-c2ccsc2)[nH]c2ccccc2c1=O. The van der Waals surface area contributed by atoms with Crippen LogP contribution in [0.5, 0.6) is 0 Å². The third-order valence-corrected chi connectivity index (χ3v) is 3.64. The summed E-state index contributed by atoms with van der Waals surface area (Å²) in [6.07, 6.45) is 0. The summed E-state index contributed by atoms with van der Waals surface area (Å²) < 4.78 is 0. The maximum atomic E-state index is 12.2. The van der Waals surface area contributed by atoms with Gasteiger partial charge in [-0.2, -0.15) is 11.3 Å². The van der Waals surface area contributed by atoms with E-state index >= 15 is 0 Å². The van der Waals surface area contributed by atoms with Gasteiger partial charge in [-0.3, -0.25) is 4.79 Å². The quantitative estimate of drug-likeness (QED) is 0.694. The van der Waals surface area contributed by atoms with Crippen LogP contribution in [0.4, 0.5) is 0 Å². The Hall–Kier alpha value is -1.87. The zero-order chi connectivity index (χ0) is 11.8. The molecule has 0 fully saturated rings. The molecule has 0 aliphatic carbocycles. The lowest BCUT2D eigenvalue weighted by molar-refractivity contribution is 1.30. The van der Waals surface area contributed by atoms with Crippen molar-refractivity contribution in [3.8, 4) is 11.3 Å². The Morgan fingerprint density at radius 1 is 1.18 bits per heavy atom. The number of hydrogen-bond donors (Lipinski definition) is 1. The Morgan fingerprint density at radius 3 is 2.76 bits per heavy atom. The number of fused-ring (bicyclic) bond motifs is 1. The van der Waals surface area contributed by atoms with Crippen molar-refractivity contribution in [1.29, 1.82) is 0 Å². The highest BCUT2D eigenvalue weighted by Gasteiger charge is 2.09. The van der Waals surface area contributed by atoms with Gasteiger partial charge in [-0.15, -0.1) is 0 Å².